The molecule has 1 atom stereocenters. The highest BCUT2D eigenvalue weighted by molar-refractivity contribution is 5.73. The minimum Gasteiger partial charge on any atom is -0.475 e. The predicted octanol–water partition coefficient (Wildman–Crippen LogP) is 2.72. The van der Waals surface area contributed by atoms with Crippen LogP contribution in [0.3, 0.4) is 0 Å². The summed E-state index contributed by atoms with van der Waals surface area (Å²) in [5, 5.41) is 11.3. The van der Waals surface area contributed by atoms with E-state index in [0.29, 0.717) is 13.1 Å². The summed E-state index contributed by atoms with van der Waals surface area (Å²) < 4.78 is 72.1. The minimum atomic E-state index is -5.08. The second kappa shape index (κ2) is 8.56. The molecule has 0 radical (unpaired) electrons. The topological polar surface area (TPSA) is 87.4 Å². The maximum absolute atomic E-state index is 12.9. The number of likely N-dealkylation sites (tertiary alicyclic amines) is 1. The van der Waals surface area contributed by atoms with Crippen molar-refractivity contribution in [3.63, 3.8) is 0 Å². The Bertz CT molecular complexity index is 962. The lowest BCUT2D eigenvalue weighted by molar-refractivity contribution is -0.192. The van der Waals surface area contributed by atoms with Gasteiger partial charge in [0.25, 0.3) is 0 Å². The van der Waals surface area contributed by atoms with Gasteiger partial charge in [0.15, 0.2) is 0 Å². The second-order valence-corrected chi connectivity index (χ2v) is 7.63. The Labute approximate surface area is 178 Å². The third-order valence-electron chi connectivity index (χ3n) is 5.44. The number of aromatic nitrogens is 4. The number of carbonyl (C=O) groups is 1. The molecule has 0 amide bonds. The molecule has 0 bridgehead atoms. The first-order chi connectivity index (χ1) is 14.8. The van der Waals surface area contributed by atoms with Crippen molar-refractivity contribution in [2.24, 2.45) is 7.05 Å². The number of aryl methyl sites for hydroxylation is 1. The number of halogens is 6. The molecule has 0 saturated carbocycles. The average Bonchev–Trinajstić information content (AvgIpc) is 3.32. The summed E-state index contributed by atoms with van der Waals surface area (Å²) in [6.07, 6.45) is -2.54. The van der Waals surface area contributed by atoms with E-state index in [9.17, 15) is 26.3 Å². The van der Waals surface area contributed by atoms with Crippen LogP contribution in [-0.4, -0.2) is 67.1 Å². The highest BCUT2D eigenvalue weighted by Crippen LogP contribution is 2.41. The molecule has 1 N–H and O–H groups in total. The summed E-state index contributed by atoms with van der Waals surface area (Å²) >= 11 is 0. The fourth-order valence-corrected chi connectivity index (χ4v) is 3.75. The van der Waals surface area contributed by atoms with E-state index in [1.54, 1.807) is 4.68 Å². The number of carboxylic acid groups (broad SMARTS) is 1. The van der Waals surface area contributed by atoms with E-state index in [2.05, 4.69) is 20.0 Å². The van der Waals surface area contributed by atoms with Crippen LogP contribution < -0.4 is 4.90 Å². The smallest absolute Gasteiger partial charge is 0.475 e. The van der Waals surface area contributed by atoms with Crippen molar-refractivity contribution in [1.82, 2.24) is 24.6 Å². The van der Waals surface area contributed by atoms with Crippen LogP contribution in [-0.2, 0) is 24.6 Å². The van der Waals surface area contributed by atoms with Crippen LogP contribution in [0.1, 0.15) is 24.1 Å². The van der Waals surface area contributed by atoms with Crippen LogP contribution in [0.5, 0.6) is 0 Å². The molecule has 32 heavy (non-hydrogen) atoms. The molecular formula is C18H20F6N6O2. The fraction of sp³-hybridized carbons (Fsp3) is 0.556. The predicted molar refractivity (Wildman–Crippen MR) is 98.5 cm³/mol. The quantitative estimate of drug-likeness (QED) is 0.696. The van der Waals surface area contributed by atoms with Gasteiger partial charge in [-0.2, -0.15) is 31.4 Å². The molecular weight excluding hydrogens is 446 g/mol. The lowest BCUT2D eigenvalue weighted by atomic mass is 9.83. The third-order valence-corrected chi connectivity index (χ3v) is 5.44. The zero-order valence-electron chi connectivity index (χ0n) is 16.9. The summed E-state index contributed by atoms with van der Waals surface area (Å²) in [5.41, 5.74) is 0.266. The van der Waals surface area contributed by atoms with E-state index < -0.39 is 24.0 Å². The monoisotopic (exact) mass is 466 g/mol. The number of hydrogen-bond donors (Lipinski definition) is 1. The minimum absolute atomic E-state index is 0.00738. The van der Waals surface area contributed by atoms with Gasteiger partial charge >= 0.3 is 18.3 Å². The van der Waals surface area contributed by atoms with Gasteiger partial charge < -0.3 is 10.0 Å². The highest BCUT2D eigenvalue weighted by atomic mass is 19.4. The maximum Gasteiger partial charge on any atom is 0.490 e. The van der Waals surface area contributed by atoms with Crippen molar-refractivity contribution in [2.75, 3.05) is 24.5 Å². The molecule has 14 heteroatoms. The van der Waals surface area contributed by atoms with Crippen LogP contribution in [0.2, 0.25) is 0 Å². The Morgan fingerprint density at radius 1 is 1.19 bits per heavy atom. The average molecular weight is 466 g/mol. The van der Waals surface area contributed by atoms with Crippen LogP contribution in [0, 0.1) is 0 Å². The van der Waals surface area contributed by atoms with Crippen molar-refractivity contribution in [3.8, 4) is 0 Å². The lowest BCUT2D eigenvalue weighted by Crippen LogP contribution is -2.60. The standard InChI is InChI=1S/C16H19F3N6.C2HF3O2/c1-23-9-12(8-21-23)10-25-7-4-15(25)3-6-24(11-15)14-20-5-2-13(22-14)16(17,18)19;3-2(4,5)1(6)7/h2,5,8-9H,3-4,6-7,10-11H2,1H3;(H,6,7). The number of aliphatic carboxylic acids is 1. The molecule has 2 saturated heterocycles. The number of rotatable bonds is 3. The molecule has 2 aromatic rings. The Balaban J connectivity index is 0.000000360. The normalized spacial score (nSPS) is 21.3. The summed E-state index contributed by atoms with van der Waals surface area (Å²) in [7, 11) is 1.89. The van der Waals surface area contributed by atoms with Gasteiger partial charge in [-0.3, -0.25) is 9.58 Å². The number of nitrogens with zero attached hydrogens (tertiary/aromatic N) is 6. The Hall–Kier alpha value is -2.90. The summed E-state index contributed by atoms with van der Waals surface area (Å²) in [6, 6.07) is 0.910. The number of alkyl halides is 6. The van der Waals surface area contributed by atoms with E-state index in [-0.39, 0.29) is 11.5 Å². The molecule has 2 aliphatic rings. The van der Waals surface area contributed by atoms with E-state index >= 15 is 0 Å². The molecule has 1 unspecified atom stereocenters. The first kappa shape index (κ1) is 23.8. The Morgan fingerprint density at radius 3 is 2.34 bits per heavy atom. The molecule has 1 spiro atoms. The zero-order valence-corrected chi connectivity index (χ0v) is 16.9. The largest absolute Gasteiger partial charge is 0.490 e. The molecule has 2 aromatic heterocycles. The first-order valence-corrected chi connectivity index (χ1v) is 9.48. The van der Waals surface area contributed by atoms with Crippen LogP contribution in [0.25, 0.3) is 0 Å². The third kappa shape index (κ3) is 5.29. The molecule has 4 rings (SSSR count). The molecule has 2 aliphatic heterocycles. The number of hydrogen-bond acceptors (Lipinski definition) is 6. The van der Waals surface area contributed by atoms with Gasteiger partial charge in [-0.15, -0.1) is 0 Å². The molecule has 0 aliphatic carbocycles. The van der Waals surface area contributed by atoms with Crippen LogP contribution in [0.15, 0.2) is 24.7 Å². The Morgan fingerprint density at radius 2 is 1.84 bits per heavy atom. The van der Waals surface area contributed by atoms with Gasteiger partial charge in [-0.1, -0.05) is 0 Å². The van der Waals surface area contributed by atoms with Gasteiger partial charge in [0.2, 0.25) is 5.95 Å². The summed E-state index contributed by atoms with van der Waals surface area (Å²) in [6.45, 7) is 3.14. The van der Waals surface area contributed by atoms with Gasteiger partial charge in [0, 0.05) is 56.7 Å². The second-order valence-electron chi connectivity index (χ2n) is 7.63. The SMILES string of the molecule is Cn1cc(CN2CCC23CCN(c2nccc(C(F)(F)F)n2)C3)cn1.O=C(O)C(F)(F)F. The molecule has 176 valence electrons. The van der Waals surface area contributed by atoms with E-state index in [4.69, 9.17) is 9.90 Å². The first-order valence-electron chi connectivity index (χ1n) is 9.48. The fourth-order valence-electron chi connectivity index (χ4n) is 3.75. The Kier molecular flexibility index (Phi) is 6.36. The van der Waals surface area contributed by atoms with Crippen LogP contribution in [0.4, 0.5) is 32.3 Å². The highest BCUT2D eigenvalue weighted by Gasteiger charge is 2.49. The van der Waals surface area contributed by atoms with Crippen molar-refractivity contribution in [3.05, 3.63) is 35.9 Å². The zero-order chi connectivity index (χ0) is 23.7. The van der Waals surface area contributed by atoms with Crippen molar-refractivity contribution >= 4 is 11.9 Å². The molecule has 4 heterocycles. The number of anilines is 1. The van der Waals surface area contributed by atoms with Crippen molar-refractivity contribution in [2.45, 2.75) is 37.3 Å². The van der Waals surface area contributed by atoms with Crippen molar-refractivity contribution < 1.29 is 36.2 Å². The molecule has 2 fully saturated rings. The van der Waals surface area contributed by atoms with Gasteiger partial charge in [-0.05, 0) is 18.9 Å². The lowest BCUT2D eigenvalue weighted by Gasteiger charge is -2.50. The molecule has 8 nitrogen and oxygen atoms in total. The van der Waals surface area contributed by atoms with E-state index in [1.807, 2.05) is 24.3 Å². The number of carboxylic acids is 1. The van der Waals surface area contributed by atoms with E-state index in [1.165, 1.54) is 6.20 Å². The maximum atomic E-state index is 12.9. The van der Waals surface area contributed by atoms with E-state index in [0.717, 1.165) is 37.6 Å². The summed E-state index contributed by atoms with van der Waals surface area (Å²) in [4.78, 5) is 20.9. The van der Waals surface area contributed by atoms with Crippen molar-refractivity contribution in [1.29, 1.82) is 0 Å². The van der Waals surface area contributed by atoms with Gasteiger partial charge in [0.05, 0.1) is 6.20 Å². The summed E-state index contributed by atoms with van der Waals surface area (Å²) in [5.74, 6) is -2.59. The van der Waals surface area contributed by atoms with Gasteiger partial charge in [0.1, 0.15) is 5.69 Å². The van der Waals surface area contributed by atoms with Gasteiger partial charge in [-0.25, -0.2) is 14.8 Å². The van der Waals surface area contributed by atoms with Crippen LogP contribution >= 0.6 is 0 Å². The molecule has 0 aromatic carbocycles.